The van der Waals surface area contributed by atoms with Crippen LogP contribution >= 0.6 is 15.9 Å². The topological polar surface area (TPSA) is 17.1 Å². The largest absolute Gasteiger partial charge is 0.294 e. The van der Waals surface area contributed by atoms with Gasteiger partial charge in [0.2, 0.25) is 0 Å². The van der Waals surface area contributed by atoms with Crippen molar-refractivity contribution in [2.24, 2.45) is 11.3 Å². The SMILES string of the molecule is CC(CC(=O)c1ccc(Br)c(F)c1)CC(C)(C)C. The van der Waals surface area contributed by atoms with Gasteiger partial charge in [-0.15, -0.1) is 0 Å². The zero-order valence-corrected chi connectivity index (χ0v) is 13.0. The van der Waals surface area contributed by atoms with E-state index in [-0.39, 0.29) is 17.0 Å². The number of hydrogen-bond donors (Lipinski definition) is 0. The lowest BCUT2D eigenvalue weighted by Gasteiger charge is -2.22. The lowest BCUT2D eigenvalue weighted by Crippen LogP contribution is -2.14. The summed E-state index contributed by atoms with van der Waals surface area (Å²) in [6.07, 6.45) is 1.45. The molecule has 18 heavy (non-hydrogen) atoms. The highest BCUT2D eigenvalue weighted by Gasteiger charge is 2.18. The summed E-state index contributed by atoms with van der Waals surface area (Å²) in [5, 5.41) is 0. The molecule has 0 spiro atoms. The Labute approximate surface area is 117 Å². The first-order chi connectivity index (χ1) is 8.19. The molecule has 0 radical (unpaired) electrons. The zero-order valence-electron chi connectivity index (χ0n) is 11.4. The fraction of sp³-hybridized carbons (Fsp3) is 0.533. The molecule has 0 aliphatic heterocycles. The summed E-state index contributed by atoms with van der Waals surface area (Å²) in [5.74, 6) is -0.0633. The Balaban J connectivity index is 2.68. The molecule has 0 saturated heterocycles. The van der Waals surface area contributed by atoms with Crippen molar-refractivity contribution < 1.29 is 9.18 Å². The summed E-state index contributed by atoms with van der Waals surface area (Å²) in [5.41, 5.74) is 0.668. The molecule has 0 bridgehead atoms. The van der Waals surface area contributed by atoms with Crippen LogP contribution in [0.15, 0.2) is 22.7 Å². The second kappa shape index (κ2) is 5.96. The Hall–Kier alpha value is -0.700. The highest BCUT2D eigenvalue weighted by molar-refractivity contribution is 9.10. The predicted octanol–water partition coefficient (Wildman–Crippen LogP) is 5.23. The van der Waals surface area contributed by atoms with Gasteiger partial charge in [0, 0.05) is 12.0 Å². The molecule has 1 rings (SSSR count). The lowest BCUT2D eigenvalue weighted by atomic mass is 9.83. The van der Waals surface area contributed by atoms with Crippen LogP contribution in [0.5, 0.6) is 0 Å². The number of ketones is 1. The fourth-order valence-electron chi connectivity index (χ4n) is 2.22. The van der Waals surface area contributed by atoms with Crippen molar-refractivity contribution in [3.63, 3.8) is 0 Å². The van der Waals surface area contributed by atoms with Gasteiger partial charge in [0.15, 0.2) is 5.78 Å². The van der Waals surface area contributed by atoms with Crippen LogP contribution in [0.4, 0.5) is 4.39 Å². The van der Waals surface area contributed by atoms with E-state index >= 15 is 0 Å². The highest BCUT2D eigenvalue weighted by Crippen LogP contribution is 2.27. The second-order valence-corrected chi connectivity index (χ2v) is 6.98. The van der Waals surface area contributed by atoms with E-state index in [2.05, 4.69) is 43.6 Å². The maximum absolute atomic E-state index is 13.3. The summed E-state index contributed by atoms with van der Waals surface area (Å²) in [6, 6.07) is 4.55. The van der Waals surface area contributed by atoms with Gasteiger partial charge >= 0.3 is 0 Å². The minimum atomic E-state index is -0.385. The molecule has 3 heteroatoms. The zero-order chi connectivity index (χ0) is 13.9. The lowest BCUT2D eigenvalue weighted by molar-refractivity contribution is 0.0954. The van der Waals surface area contributed by atoms with Gasteiger partial charge in [-0.1, -0.05) is 33.8 Å². The van der Waals surface area contributed by atoms with Crippen molar-refractivity contribution in [3.05, 3.63) is 34.1 Å². The number of benzene rings is 1. The minimum Gasteiger partial charge on any atom is -0.294 e. The number of halogens is 2. The molecule has 0 aromatic heterocycles. The molecule has 0 aliphatic rings. The van der Waals surface area contributed by atoms with Gasteiger partial charge in [-0.2, -0.15) is 0 Å². The van der Waals surface area contributed by atoms with E-state index in [1.807, 2.05) is 0 Å². The Morgan fingerprint density at radius 1 is 1.39 bits per heavy atom. The quantitative estimate of drug-likeness (QED) is 0.695. The van der Waals surface area contributed by atoms with Crippen molar-refractivity contribution in [1.82, 2.24) is 0 Å². The summed E-state index contributed by atoms with van der Waals surface area (Å²) in [7, 11) is 0. The fourth-order valence-corrected chi connectivity index (χ4v) is 2.47. The van der Waals surface area contributed by atoms with Crippen LogP contribution in [0, 0.1) is 17.2 Å². The van der Waals surface area contributed by atoms with Crippen LogP contribution in [0.25, 0.3) is 0 Å². The predicted molar refractivity (Wildman–Crippen MR) is 76.3 cm³/mol. The van der Waals surface area contributed by atoms with Gasteiger partial charge in [-0.05, 0) is 45.8 Å². The summed E-state index contributed by atoms with van der Waals surface area (Å²) >= 11 is 3.08. The standard InChI is InChI=1S/C15H20BrFO/c1-10(9-15(2,3)4)7-14(18)11-5-6-12(16)13(17)8-11/h5-6,8,10H,7,9H2,1-4H3. The van der Waals surface area contributed by atoms with Gasteiger partial charge in [-0.3, -0.25) is 4.79 Å². The highest BCUT2D eigenvalue weighted by atomic mass is 79.9. The van der Waals surface area contributed by atoms with Crippen LogP contribution in [0.2, 0.25) is 0 Å². The van der Waals surface area contributed by atoms with Gasteiger partial charge in [0.25, 0.3) is 0 Å². The van der Waals surface area contributed by atoms with E-state index in [0.29, 0.717) is 22.4 Å². The molecule has 0 saturated carbocycles. The molecule has 100 valence electrons. The first-order valence-corrected chi connectivity index (χ1v) is 6.96. The first-order valence-electron chi connectivity index (χ1n) is 6.17. The molecular weight excluding hydrogens is 295 g/mol. The molecule has 1 atom stereocenters. The van der Waals surface area contributed by atoms with E-state index in [9.17, 15) is 9.18 Å². The molecular formula is C15H20BrFO. The van der Waals surface area contributed by atoms with Crippen LogP contribution < -0.4 is 0 Å². The Morgan fingerprint density at radius 2 is 2.00 bits per heavy atom. The van der Waals surface area contributed by atoms with Crippen molar-refractivity contribution in [1.29, 1.82) is 0 Å². The Bertz CT molecular complexity index is 435. The van der Waals surface area contributed by atoms with Crippen molar-refractivity contribution in [2.75, 3.05) is 0 Å². The van der Waals surface area contributed by atoms with Gasteiger partial charge in [0.1, 0.15) is 5.82 Å². The molecule has 1 aromatic carbocycles. The number of Topliss-reactive ketones (excluding diaryl/α,β-unsaturated/α-hetero) is 1. The van der Waals surface area contributed by atoms with E-state index in [1.54, 1.807) is 12.1 Å². The molecule has 0 fully saturated rings. The van der Waals surface area contributed by atoms with E-state index in [0.717, 1.165) is 6.42 Å². The number of carbonyl (C=O) groups excluding carboxylic acids is 1. The maximum atomic E-state index is 13.3. The molecule has 0 heterocycles. The number of carbonyl (C=O) groups is 1. The minimum absolute atomic E-state index is 0.0122. The third kappa shape index (κ3) is 4.89. The van der Waals surface area contributed by atoms with Crippen LogP contribution in [-0.2, 0) is 0 Å². The second-order valence-electron chi connectivity index (χ2n) is 6.13. The van der Waals surface area contributed by atoms with Gasteiger partial charge in [-0.25, -0.2) is 4.39 Å². The first kappa shape index (κ1) is 15.4. The third-order valence-corrected chi connectivity index (χ3v) is 3.38. The maximum Gasteiger partial charge on any atom is 0.163 e. The Morgan fingerprint density at radius 3 is 2.50 bits per heavy atom. The van der Waals surface area contributed by atoms with Crippen LogP contribution in [0.3, 0.4) is 0 Å². The van der Waals surface area contributed by atoms with Crippen LogP contribution in [0.1, 0.15) is 50.9 Å². The smallest absolute Gasteiger partial charge is 0.163 e. The average molecular weight is 315 g/mol. The molecule has 1 nitrogen and oxygen atoms in total. The van der Waals surface area contributed by atoms with Gasteiger partial charge in [0.05, 0.1) is 4.47 Å². The summed E-state index contributed by atoms with van der Waals surface area (Å²) in [6.45, 7) is 8.55. The van der Waals surface area contributed by atoms with Crippen molar-refractivity contribution in [3.8, 4) is 0 Å². The molecule has 0 amide bonds. The van der Waals surface area contributed by atoms with E-state index in [4.69, 9.17) is 0 Å². The number of rotatable bonds is 4. The normalized spacial score (nSPS) is 13.4. The third-order valence-electron chi connectivity index (χ3n) is 2.74. The molecule has 1 aromatic rings. The summed E-state index contributed by atoms with van der Waals surface area (Å²) < 4.78 is 13.7. The molecule has 0 aliphatic carbocycles. The van der Waals surface area contributed by atoms with E-state index < -0.39 is 0 Å². The van der Waals surface area contributed by atoms with Gasteiger partial charge < -0.3 is 0 Å². The van der Waals surface area contributed by atoms with Crippen molar-refractivity contribution in [2.45, 2.75) is 40.5 Å². The number of hydrogen-bond acceptors (Lipinski definition) is 1. The summed E-state index contributed by atoms with van der Waals surface area (Å²) in [4.78, 5) is 12.0. The average Bonchev–Trinajstić information content (AvgIpc) is 2.18. The van der Waals surface area contributed by atoms with E-state index in [1.165, 1.54) is 6.07 Å². The molecule has 0 N–H and O–H groups in total. The van der Waals surface area contributed by atoms with Crippen molar-refractivity contribution >= 4 is 21.7 Å². The monoisotopic (exact) mass is 314 g/mol. The Kier molecular flexibility index (Phi) is 5.09. The molecule has 1 unspecified atom stereocenters. The van der Waals surface area contributed by atoms with Crippen LogP contribution in [-0.4, -0.2) is 5.78 Å².